The van der Waals surface area contributed by atoms with Crippen LogP contribution in [-0.4, -0.2) is 29.7 Å². The molecule has 0 aliphatic heterocycles. The number of hydrazone groups is 1. The van der Waals surface area contributed by atoms with E-state index in [9.17, 15) is 9.59 Å². The summed E-state index contributed by atoms with van der Waals surface area (Å²) in [6.07, 6.45) is 1.48. The van der Waals surface area contributed by atoms with E-state index < -0.39 is 5.97 Å². The van der Waals surface area contributed by atoms with Crippen molar-refractivity contribution >= 4 is 52.2 Å². The molecule has 40 heavy (non-hydrogen) atoms. The van der Waals surface area contributed by atoms with E-state index in [1.807, 2.05) is 61.5 Å². The van der Waals surface area contributed by atoms with Crippen LogP contribution in [0.2, 0.25) is 10.0 Å². The Balaban J connectivity index is 1.35. The highest BCUT2D eigenvalue weighted by molar-refractivity contribution is 6.36. The Morgan fingerprint density at radius 3 is 2.48 bits per heavy atom. The number of esters is 1. The van der Waals surface area contributed by atoms with Crippen molar-refractivity contribution in [2.24, 2.45) is 5.10 Å². The van der Waals surface area contributed by atoms with Gasteiger partial charge >= 0.3 is 5.97 Å². The summed E-state index contributed by atoms with van der Waals surface area (Å²) < 4.78 is 11.2. The lowest BCUT2D eigenvalue weighted by atomic mass is 10.0. The number of benzene rings is 4. The third-order valence-electron chi connectivity index (χ3n) is 6.00. The number of amides is 1. The summed E-state index contributed by atoms with van der Waals surface area (Å²) in [7, 11) is 0. The van der Waals surface area contributed by atoms with E-state index in [0.717, 1.165) is 22.0 Å². The number of aromatic amines is 1. The number of hydrogen-bond donors (Lipinski definition) is 2. The number of carbonyl (C=O) groups excluding carboxylic acids is 2. The summed E-state index contributed by atoms with van der Waals surface area (Å²) in [6.45, 7) is 2.15. The van der Waals surface area contributed by atoms with Crippen LogP contribution in [0.4, 0.5) is 0 Å². The molecule has 0 saturated heterocycles. The van der Waals surface area contributed by atoms with E-state index in [0.29, 0.717) is 28.6 Å². The fraction of sp³-hybridized carbons (Fsp3) is 0.0645. The summed E-state index contributed by atoms with van der Waals surface area (Å²) in [5.74, 6) is -0.492. The Morgan fingerprint density at radius 2 is 1.70 bits per heavy atom. The van der Waals surface area contributed by atoms with Crippen LogP contribution in [0.3, 0.4) is 0 Å². The molecule has 200 valence electrons. The van der Waals surface area contributed by atoms with Crippen LogP contribution in [0.25, 0.3) is 22.0 Å². The number of aromatic nitrogens is 1. The normalized spacial score (nSPS) is 11.1. The molecule has 0 radical (unpaired) electrons. The molecular weight excluding hydrogens is 549 g/mol. The maximum absolute atomic E-state index is 13.2. The number of halogens is 2. The predicted molar refractivity (Wildman–Crippen MR) is 158 cm³/mol. The molecule has 0 atom stereocenters. The van der Waals surface area contributed by atoms with Crippen LogP contribution < -0.4 is 14.9 Å². The van der Waals surface area contributed by atoms with E-state index in [-0.39, 0.29) is 22.2 Å². The molecular formula is C31H23Cl2N3O4. The number of nitrogens with one attached hydrogen (secondary N) is 2. The molecule has 1 amide bonds. The van der Waals surface area contributed by atoms with Gasteiger partial charge in [-0.15, -0.1) is 0 Å². The van der Waals surface area contributed by atoms with Gasteiger partial charge in [0, 0.05) is 21.5 Å². The third kappa shape index (κ3) is 5.86. The molecule has 0 aliphatic carbocycles. The van der Waals surface area contributed by atoms with E-state index in [1.54, 1.807) is 24.3 Å². The molecule has 0 fully saturated rings. The maximum Gasteiger partial charge on any atom is 0.345 e. The fourth-order valence-corrected chi connectivity index (χ4v) is 4.69. The van der Waals surface area contributed by atoms with Gasteiger partial charge in [0.25, 0.3) is 5.91 Å². The Hall–Kier alpha value is -4.59. The summed E-state index contributed by atoms with van der Waals surface area (Å²) in [4.78, 5) is 29.1. The molecule has 7 nitrogen and oxygen atoms in total. The SMILES string of the molecule is CCOc1cc(C=NNC(=O)c2[nH]c3ccccc3c2-c2ccccc2)ccc1OC(=O)c1ccc(Cl)cc1Cl. The number of fused-ring (bicyclic) bond motifs is 1. The van der Waals surface area contributed by atoms with Crippen molar-refractivity contribution in [1.82, 2.24) is 10.4 Å². The van der Waals surface area contributed by atoms with E-state index in [2.05, 4.69) is 15.5 Å². The van der Waals surface area contributed by atoms with Crippen LogP contribution in [0.5, 0.6) is 11.5 Å². The van der Waals surface area contributed by atoms with Crippen molar-refractivity contribution in [3.63, 3.8) is 0 Å². The van der Waals surface area contributed by atoms with Crippen LogP contribution in [0.1, 0.15) is 33.3 Å². The van der Waals surface area contributed by atoms with Crippen molar-refractivity contribution in [2.75, 3.05) is 6.61 Å². The molecule has 5 aromatic rings. The van der Waals surface area contributed by atoms with Gasteiger partial charge in [0.2, 0.25) is 0 Å². The number of rotatable bonds is 8. The lowest BCUT2D eigenvalue weighted by molar-refractivity contribution is 0.0728. The number of nitrogens with zero attached hydrogens (tertiary/aromatic N) is 1. The van der Waals surface area contributed by atoms with E-state index in [4.69, 9.17) is 32.7 Å². The molecule has 0 unspecified atom stereocenters. The fourth-order valence-electron chi connectivity index (χ4n) is 4.21. The van der Waals surface area contributed by atoms with E-state index in [1.165, 1.54) is 18.3 Å². The zero-order valence-corrected chi connectivity index (χ0v) is 22.8. The number of ether oxygens (including phenoxy) is 2. The molecule has 0 spiro atoms. The quantitative estimate of drug-likeness (QED) is 0.0871. The van der Waals surface area contributed by atoms with Gasteiger partial charge in [0.05, 0.1) is 23.4 Å². The number of H-pyrrole nitrogens is 1. The first-order valence-corrected chi connectivity index (χ1v) is 13.1. The molecule has 9 heteroatoms. The van der Waals surface area contributed by atoms with Crippen LogP contribution in [0.15, 0.2) is 96.1 Å². The average Bonchev–Trinajstić information content (AvgIpc) is 3.35. The highest BCUT2D eigenvalue weighted by Crippen LogP contribution is 2.33. The van der Waals surface area contributed by atoms with Crippen molar-refractivity contribution < 1.29 is 19.1 Å². The first kappa shape index (κ1) is 27.0. The van der Waals surface area contributed by atoms with Crippen LogP contribution >= 0.6 is 23.2 Å². The van der Waals surface area contributed by atoms with Crippen LogP contribution in [0, 0.1) is 0 Å². The van der Waals surface area contributed by atoms with Crippen molar-refractivity contribution in [2.45, 2.75) is 6.92 Å². The molecule has 1 heterocycles. The molecule has 1 aromatic heterocycles. The molecule has 2 N–H and O–H groups in total. The Bertz CT molecular complexity index is 1730. The van der Waals surface area contributed by atoms with Gasteiger partial charge < -0.3 is 14.5 Å². The topological polar surface area (TPSA) is 92.8 Å². The summed E-state index contributed by atoms with van der Waals surface area (Å²) >= 11 is 12.1. The average molecular weight is 572 g/mol. The number of para-hydroxylation sites is 1. The minimum Gasteiger partial charge on any atom is -0.490 e. The first-order valence-electron chi connectivity index (χ1n) is 12.4. The molecule has 0 aliphatic rings. The smallest absolute Gasteiger partial charge is 0.345 e. The van der Waals surface area contributed by atoms with Gasteiger partial charge in [0.15, 0.2) is 11.5 Å². The monoisotopic (exact) mass is 571 g/mol. The second kappa shape index (κ2) is 12.1. The van der Waals surface area contributed by atoms with Crippen molar-refractivity contribution in [3.05, 3.63) is 118 Å². The minimum atomic E-state index is -0.649. The summed E-state index contributed by atoms with van der Waals surface area (Å²) in [5, 5.41) is 5.67. The second-order valence-corrected chi connectivity index (χ2v) is 9.48. The second-order valence-electron chi connectivity index (χ2n) is 8.64. The predicted octanol–water partition coefficient (Wildman–Crippen LogP) is 7.52. The standard InChI is InChI=1S/C31H23Cl2N3O4/c1-2-39-27-16-19(12-15-26(27)40-31(38)22-14-13-21(32)17-24(22)33)18-34-36-30(37)29-28(20-8-4-3-5-9-20)23-10-6-7-11-25(23)35-29/h3-18,35H,2H2,1H3,(H,36,37). The minimum absolute atomic E-state index is 0.175. The third-order valence-corrected chi connectivity index (χ3v) is 6.54. The van der Waals surface area contributed by atoms with Crippen molar-refractivity contribution in [1.29, 1.82) is 0 Å². The van der Waals surface area contributed by atoms with Gasteiger partial charge in [-0.3, -0.25) is 4.79 Å². The zero-order valence-electron chi connectivity index (χ0n) is 21.3. The van der Waals surface area contributed by atoms with Crippen molar-refractivity contribution in [3.8, 4) is 22.6 Å². The molecule has 0 saturated carbocycles. The maximum atomic E-state index is 13.2. The Morgan fingerprint density at radius 1 is 0.925 bits per heavy atom. The Labute approximate surface area is 240 Å². The van der Waals surface area contributed by atoms with Crippen LogP contribution in [-0.2, 0) is 0 Å². The van der Waals surface area contributed by atoms with Gasteiger partial charge in [0.1, 0.15) is 5.69 Å². The van der Waals surface area contributed by atoms with Gasteiger partial charge in [-0.2, -0.15) is 5.10 Å². The summed E-state index contributed by atoms with van der Waals surface area (Å²) in [5.41, 5.74) is 6.36. The zero-order chi connectivity index (χ0) is 28.1. The lowest BCUT2D eigenvalue weighted by Gasteiger charge is -2.12. The number of hydrogen-bond acceptors (Lipinski definition) is 5. The van der Waals surface area contributed by atoms with Gasteiger partial charge in [-0.05, 0) is 60.5 Å². The first-order chi connectivity index (χ1) is 19.4. The highest BCUT2D eigenvalue weighted by atomic mass is 35.5. The highest BCUT2D eigenvalue weighted by Gasteiger charge is 2.19. The lowest BCUT2D eigenvalue weighted by Crippen LogP contribution is -2.18. The number of carbonyl (C=O) groups is 2. The Kier molecular flexibility index (Phi) is 8.15. The summed E-state index contributed by atoms with van der Waals surface area (Å²) in [6, 6.07) is 26.9. The molecule has 0 bridgehead atoms. The largest absolute Gasteiger partial charge is 0.490 e. The van der Waals surface area contributed by atoms with E-state index >= 15 is 0 Å². The molecule has 5 rings (SSSR count). The molecule has 4 aromatic carbocycles. The van der Waals surface area contributed by atoms with Gasteiger partial charge in [-0.1, -0.05) is 71.7 Å². The van der Waals surface area contributed by atoms with Gasteiger partial charge in [-0.25, -0.2) is 10.2 Å².